The molecule has 0 fully saturated rings. The first-order chi connectivity index (χ1) is 9.88. The molecule has 0 radical (unpaired) electrons. The summed E-state index contributed by atoms with van der Waals surface area (Å²) >= 11 is 1.58. The average Bonchev–Trinajstić information content (AvgIpc) is 2.49. The molecule has 0 saturated heterocycles. The average molecular weight is 334 g/mol. The van der Waals surface area contributed by atoms with Crippen LogP contribution in [0.4, 0.5) is 0 Å². The maximum absolute atomic E-state index is 5.60. The summed E-state index contributed by atoms with van der Waals surface area (Å²) in [4.78, 5) is 10.2. The van der Waals surface area contributed by atoms with Gasteiger partial charge >= 0.3 is 127 Å². The molecule has 1 atom stereocenters. The van der Waals surface area contributed by atoms with Gasteiger partial charge in [-0.1, -0.05) is 0 Å². The zero-order valence-electron chi connectivity index (χ0n) is 11.0. The van der Waals surface area contributed by atoms with Gasteiger partial charge in [0.1, 0.15) is 0 Å². The second kappa shape index (κ2) is 8.69. The third-order valence-electron chi connectivity index (χ3n) is 2.30. The molecule has 2 aromatic carbocycles. The van der Waals surface area contributed by atoms with Gasteiger partial charge in [0, 0.05) is 0 Å². The third-order valence-corrected chi connectivity index (χ3v) is 2.79. The van der Waals surface area contributed by atoms with Gasteiger partial charge in [-0.3, -0.25) is 0 Å². The number of para-hydroxylation sites is 2. The molecule has 6 heteroatoms. The summed E-state index contributed by atoms with van der Waals surface area (Å²) in [7, 11) is -0.946. The predicted molar refractivity (Wildman–Crippen MR) is 80.3 cm³/mol. The molecule has 4 nitrogen and oxygen atoms in total. The van der Waals surface area contributed by atoms with Crippen molar-refractivity contribution >= 4 is 24.2 Å². The quantitative estimate of drug-likeness (QED) is 0.321. The summed E-state index contributed by atoms with van der Waals surface area (Å²) in [6.07, 6.45) is 0. The normalized spacial score (nSPS) is 10.1. The standard InChI is InChI=1S/C14H16AsBO4/c15-11-12-17-20-16(18-13-7-3-1-4-8-13)19-14-9-5-2-6-10-14/h1-10H,11-12,15H2. The Hall–Kier alpha value is -1.42. The molecule has 0 spiro atoms. The Bertz CT molecular complexity index is 442. The number of hydrogen-bond donors (Lipinski definition) is 0. The van der Waals surface area contributed by atoms with Crippen LogP contribution < -0.4 is 9.31 Å². The number of benzene rings is 2. The van der Waals surface area contributed by atoms with E-state index in [4.69, 9.17) is 19.0 Å². The first kappa shape index (κ1) is 15.0. The molecule has 20 heavy (non-hydrogen) atoms. The first-order valence-corrected chi connectivity index (χ1v) is 8.01. The summed E-state index contributed by atoms with van der Waals surface area (Å²) < 4.78 is 11.2. The van der Waals surface area contributed by atoms with Gasteiger partial charge in [0.2, 0.25) is 0 Å². The van der Waals surface area contributed by atoms with Gasteiger partial charge in [-0.15, -0.1) is 0 Å². The van der Waals surface area contributed by atoms with Crippen LogP contribution in [0.5, 0.6) is 11.5 Å². The van der Waals surface area contributed by atoms with E-state index in [0.717, 1.165) is 5.21 Å². The van der Waals surface area contributed by atoms with Crippen LogP contribution >= 0.6 is 0 Å². The minimum absolute atomic E-state index is 0.507. The Morgan fingerprint density at radius 2 is 1.30 bits per heavy atom. The zero-order chi connectivity index (χ0) is 14.0. The van der Waals surface area contributed by atoms with Gasteiger partial charge in [-0.05, 0) is 0 Å². The van der Waals surface area contributed by atoms with Crippen LogP contribution in [-0.4, -0.2) is 30.8 Å². The topological polar surface area (TPSA) is 36.9 Å². The van der Waals surface area contributed by atoms with Crippen LogP contribution in [0, 0.1) is 0 Å². The fraction of sp³-hybridized carbons (Fsp3) is 0.143. The summed E-state index contributed by atoms with van der Waals surface area (Å²) in [6, 6.07) is 18.7. The molecule has 0 aliphatic heterocycles. The second-order valence-corrected chi connectivity index (χ2v) is 5.07. The summed E-state index contributed by atoms with van der Waals surface area (Å²) in [5.41, 5.74) is 0. The van der Waals surface area contributed by atoms with Gasteiger partial charge in [0.25, 0.3) is 0 Å². The molecule has 0 heterocycles. The molecule has 0 bridgehead atoms. The number of rotatable bonds is 8. The summed E-state index contributed by atoms with van der Waals surface area (Å²) in [5.74, 6) is 1.30. The van der Waals surface area contributed by atoms with Gasteiger partial charge < -0.3 is 0 Å². The minimum atomic E-state index is -0.946. The van der Waals surface area contributed by atoms with Crippen LogP contribution in [-0.2, 0) is 9.69 Å². The van der Waals surface area contributed by atoms with Crippen LogP contribution in [0.3, 0.4) is 0 Å². The Morgan fingerprint density at radius 3 is 1.75 bits per heavy atom. The molecule has 2 rings (SSSR count). The molecule has 0 aliphatic rings. The Balaban J connectivity index is 1.96. The predicted octanol–water partition coefficient (Wildman–Crippen LogP) is 2.13. The van der Waals surface area contributed by atoms with Gasteiger partial charge in [0.15, 0.2) is 0 Å². The fourth-order valence-corrected chi connectivity index (χ4v) is 1.64. The van der Waals surface area contributed by atoms with E-state index in [1.165, 1.54) is 0 Å². The van der Waals surface area contributed by atoms with Crippen molar-refractivity contribution in [1.82, 2.24) is 0 Å². The van der Waals surface area contributed by atoms with Crippen molar-refractivity contribution in [2.45, 2.75) is 5.21 Å². The molecule has 0 amide bonds. The van der Waals surface area contributed by atoms with Gasteiger partial charge in [-0.25, -0.2) is 0 Å². The molecular formula is C14H16AsBO4. The van der Waals surface area contributed by atoms with Crippen molar-refractivity contribution in [2.24, 2.45) is 0 Å². The molecule has 0 aromatic heterocycles. The molecule has 2 aromatic rings. The fourth-order valence-electron chi connectivity index (χ4n) is 1.44. The van der Waals surface area contributed by atoms with E-state index in [0.29, 0.717) is 18.1 Å². The molecule has 1 unspecified atom stereocenters. The van der Waals surface area contributed by atoms with Crippen LogP contribution in [0.1, 0.15) is 0 Å². The Labute approximate surface area is 127 Å². The Kier molecular flexibility index (Phi) is 6.51. The van der Waals surface area contributed by atoms with Crippen LogP contribution in [0.2, 0.25) is 5.21 Å². The van der Waals surface area contributed by atoms with Crippen molar-refractivity contribution in [3.8, 4) is 11.5 Å². The molecule has 0 N–H and O–H groups in total. The molecule has 0 aliphatic carbocycles. The summed E-state index contributed by atoms with van der Waals surface area (Å²) in [5, 5.41) is 0.913. The van der Waals surface area contributed by atoms with Gasteiger partial charge in [0.05, 0.1) is 0 Å². The number of hydrogen-bond acceptors (Lipinski definition) is 4. The third kappa shape index (κ3) is 5.29. The monoisotopic (exact) mass is 334 g/mol. The molecule has 0 saturated carbocycles. The van der Waals surface area contributed by atoms with Crippen molar-refractivity contribution in [1.29, 1.82) is 0 Å². The van der Waals surface area contributed by atoms with E-state index in [2.05, 4.69) is 0 Å². The van der Waals surface area contributed by atoms with Crippen LogP contribution in [0.15, 0.2) is 60.7 Å². The van der Waals surface area contributed by atoms with E-state index < -0.39 is 7.32 Å². The summed E-state index contributed by atoms with van der Waals surface area (Å²) in [6.45, 7) is 0.507. The van der Waals surface area contributed by atoms with Gasteiger partial charge in [-0.2, -0.15) is 0 Å². The van der Waals surface area contributed by atoms with E-state index in [9.17, 15) is 0 Å². The van der Waals surface area contributed by atoms with E-state index in [-0.39, 0.29) is 0 Å². The van der Waals surface area contributed by atoms with Crippen molar-refractivity contribution in [3.63, 3.8) is 0 Å². The SMILES string of the molecule is [AsH2]CCOOB(Oc1ccccc1)Oc1ccccc1. The first-order valence-electron chi connectivity index (χ1n) is 6.30. The van der Waals surface area contributed by atoms with E-state index >= 15 is 0 Å². The second-order valence-electron chi connectivity index (χ2n) is 3.86. The van der Waals surface area contributed by atoms with Crippen molar-refractivity contribution in [2.75, 3.05) is 6.61 Å². The maximum atomic E-state index is 5.60. The van der Waals surface area contributed by atoms with E-state index in [1.807, 2.05) is 60.7 Å². The van der Waals surface area contributed by atoms with Crippen molar-refractivity contribution < 1.29 is 19.0 Å². The molecule has 104 valence electrons. The van der Waals surface area contributed by atoms with Crippen molar-refractivity contribution in [3.05, 3.63) is 60.7 Å². The van der Waals surface area contributed by atoms with E-state index in [1.54, 1.807) is 16.9 Å². The Morgan fingerprint density at radius 1 is 0.800 bits per heavy atom. The molecular weight excluding hydrogens is 318 g/mol. The zero-order valence-corrected chi connectivity index (χ0v) is 13.4. The van der Waals surface area contributed by atoms with Crippen LogP contribution in [0.25, 0.3) is 0 Å².